The second-order valence-corrected chi connectivity index (χ2v) is 5.41. The van der Waals surface area contributed by atoms with Crippen LogP contribution in [0.4, 0.5) is 0 Å². The first-order chi connectivity index (χ1) is 8.63. The molecule has 0 aromatic heterocycles. The van der Waals surface area contributed by atoms with Gasteiger partial charge in [0.05, 0.1) is 18.6 Å². The second kappa shape index (κ2) is 5.69. The van der Waals surface area contributed by atoms with Gasteiger partial charge in [0.15, 0.2) is 0 Å². The molecule has 1 saturated heterocycles. The van der Waals surface area contributed by atoms with Crippen molar-refractivity contribution in [2.24, 2.45) is 11.8 Å². The Morgan fingerprint density at radius 3 is 2.44 bits per heavy atom. The van der Waals surface area contributed by atoms with Crippen LogP contribution in [0.2, 0.25) is 0 Å². The summed E-state index contributed by atoms with van der Waals surface area (Å²) in [7, 11) is 0. The summed E-state index contributed by atoms with van der Waals surface area (Å²) in [6.07, 6.45) is 4.63. The molecule has 1 saturated carbocycles. The van der Waals surface area contributed by atoms with Crippen molar-refractivity contribution in [1.29, 1.82) is 0 Å². The first kappa shape index (κ1) is 13.3. The monoisotopic (exact) mass is 255 g/mol. The molecule has 1 heterocycles. The number of aliphatic hydroxyl groups excluding tert-OH is 1. The molecule has 3 atom stereocenters. The molecule has 2 rings (SSSR count). The van der Waals surface area contributed by atoms with Gasteiger partial charge in [-0.15, -0.1) is 0 Å². The van der Waals surface area contributed by atoms with E-state index in [1.807, 2.05) is 0 Å². The average Bonchev–Trinajstić information content (AvgIpc) is 2.87. The lowest BCUT2D eigenvalue weighted by Gasteiger charge is -2.36. The van der Waals surface area contributed by atoms with Gasteiger partial charge in [-0.05, 0) is 38.5 Å². The number of aliphatic hydroxyl groups is 1. The van der Waals surface area contributed by atoms with Crippen molar-refractivity contribution in [1.82, 2.24) is 4.90 Å². The maximum Gasteiger partial charge on any atom is 0.306 e. The lowest BCUT2D eigenvalue weighted by atomic mass is 9.98. The van der Waals surface area contributed by atoms with Gasteiger partial charge in [0, 0.05) is 12.5 Å². The van der Waals surface area contributed by atoms with E-state index >= 15 is 0 Å². The van der Waals surface area contributed by atoms with Crippen LogP contribution in [0.1, 0.15) is 38.5 Å². The molecule has 102 valence electrons. The summed E-state index contributed by atoms with van der Waals surface area (Å²) in [6.45, 7) is 0.721. The molecule has 0 aromatic carbocycles. The van der Waals surface area contributed by atoms with E-state index in [4.69, 9.17) is 5.11 Å². The van der Waals surface area contributed by atoms with Crippen LogP contribution in [-0.4, -0.2) is 46.2 Å². The van der Waals surface area contributed by atoms with Crippen molar-refractivity contribution in [3.05, 3.63) is 0 Å². The van der Waals surface area contributed by atoms with Crippen molar-refractivity contribution in [3.63, 3.8) is 0 Å². The third-order valence-electron chi connectivity index (χ3n) is 4.25. The van der Waals surface area contributed by atoms with E-state index in [0.717, 1.165) is 19.3 Å². The molecule has 0 radical (unpaired) electrons. The van der Waals surface area contributed by atoms with Crippen LogP contribution in [0, 0.1) is 11.8 Å². The Bertz CT molecular complexity index is 331. The topological polar surface area (TPSA) is 77.8 Å². The molecule has 1 aliphatic carbocycles. The fourth-order valence-electron chi connectivity index (χ4n) is 3.15. The van der Waals surface area contributed by atoms with Crippen molar-refractivity contribution < 1.29 is 19.8 Å². The van der Waals surface area contributed by atoms with Gasteiger partial charge in [0.25, 0.3) is 0 Å². The molecule has 2 aliphatic rings. The number of likely N-dealkylation sites (tertiary alicyclic amines) is 1. The molecular formula is C13H21NO4. The lowest BCUT2D eigenvalue weighted by molar-refractivity contribution is -0.142. The highest BCUT2D eigenvalue weighted by atomic mass is 16.4. The fraction of sp³-hybridized carbons (Fsp3) is 0.846. The normalized spacial score (nSPS) is 32.5. The van der Waals surface area contributed by atoms with Crippen LogP contribution in [0.5, 0.6) is 0 Å². The van der Waals surface area contributed by atoms with Crippen LogP contribution in [0.25, 0.3) is 0 Å². The summed E-state index contributed by atoms with van der Waals surface area (Å²) in [6, 6.07) is -0.0601. The third-order valence-corrected chi connectivity index (χ3v) is 4.25. The molecule has 1 aliphatic heterocycles. The number of aliphatic carboxylic acids is 1. The van der Waals surface area contributed by atoms with Gasteiger partial charge >= 0.3 is 5.97 Å². The molecule has 2 N–H and O–H groups in total. The summed E-state index contributed by atoms with van der Waals surface area (Å²) in [4.78, 5) is 25.0. The van der Waals surface area contributed by atoms with Crippen molar-refractivity contribution >= 4 is 11.9 Å². The molecule has 0 bridgehead atoms. The number of nitrogens with zero attached hydrogens (tertiary/aromatic N) is 1. The quantitative estimate of drug-likeness (QED) is 0.784. The SMILES string of the molecule is O=C(O)C1CCC(C(=O)N2CCCCC2CO)C1. The van der Waals surface area contributed by atoms with E-state index in [2.05, 4.69) is 0 Å². The average molecular weight is 255 g/mol. The summed E-state index contributed by atoms with van der Waals surface area (Å²) in [5, 5.41) is 18.3. The molecule has 2 fully saturated rings. The first-order valence-corrected chi connectivity index (χ1v) is 6.77. The number of carbonyl (C=O) groups excluding carboxylic acids is 1. The molecule has 1 amide bonds. The van der Waals surface area contributed by atoms with Crippen molar-refractivity contribution in [3.8, 4) is 0 Å². The molecule has 3 unspecified atom stereocenters. The largest absolute Gasteiger partial charge is 0.481 e. The predicted octanol–water partition coefficient (Wildman–Crippen LogP) is 0.861. The lowest BCUT2D eigenvalue weighted by Crippen LogP contribution is -2.47. The minimum Gasteiger partial charge on any atom is -0.481 e. The fourth-order valence-corrected chi connectivity index (χ4v) is 3.15. The summed E-state index contributed by atoms with van der Waals surface area (Å²) >= 11 is 0. The number of carbonyl (C=O) groups is 2. The number of amides is 1. The summed E-state index contributed by atoms with van der Waals surface area (Å²) in [5.41, 5.74) is 0. The first-order valence-electron chi connectivity index (χ1n) is 6.77. The number of hydrogen-bond donors (Lipinski definition) is 2. The molecule has 18 heavy (non-hydrogen) atoms. The van der Waals surface area contributed by atoms with Crippen LogP contribution in [-0.2, 0) is 9.59 Å². The summed E-state index contributed by atoms with van der Waals surface area (Å²) in [5.74, 6) is -1.25. The van der Waals surface area contributed by atoms with Gasteiger partial charge in [0.2, 0.25) is 5.91 Å². The van der Waals surface area contributed by atoms with E-state index in [0.29, 0.717) is 25.8 Å². The Morgan fingerprint density at radius 2 is 1.83 bits per heavy atom. The second-order valence-electron chi connectivity index (χ2n) is 5.41. The zero-order valence-corrected chi connectivity index (χ0v) is 10.5. The highest BCUT2D eigenvalue weighted by molar-refractivity contribution is 5.81. The molecule has 0 aromatic rings. The van der Waals surface area contributed by atoms with Crippen LogP contribution in [0.3, 0.4) is 0 Å². The van der Waals surface area contributed by atoms with Crippen LogP contribution in [0.15, 0.2) is 0 Å². The smallest absolute Gasteiger partial charge is 0.306 e. The van der Waals surface area contributed by atoms with Crippen LogP contribution >= 0.6 is 0 Å². The van der Waals surface area contributed by atoms with E-state index in [1.165, 1.54) is 0 Å². The Hall–Kier alpha value is -1.10. The van der Waals surface area contributed by atoms with Gasteiger partial charge in [0.1, 0.15) is 0 Å². The Balaban J connectivity index is 1.96. The molecule has 5 nitrogen and oxygen atoms in total. The number of carboxylic acid groups (broad SMARTS) is 1. The summed E-state index contributed by atoms with van der Waals surface area (Å²) < 4.78 is 0. The van der Waals surface area contributed by atoms with E-state index in [1.54, 1.807) is 4.90 Å². The third kappa shape index (κ3) is 2.66. The predicted molar refractivity (Wildman–Crippen MR) is 64.9 cm³/mol. The minimum absolute atomic E-state index is 0.0147. The molecule has 5 heteroatoms. The van der Waals surface area contributed by atoms with Gasteiger partial charge in [-0.3, -0.25) is 9.59 Å². The Morgan fingerprint density at radius 1 is 1.11 bits per heavy atom. The van der Waals surface area contributed by atoms with Gasteiger partial charge in [-0.2, -0.15) is 0 Å². The zero-order valence-electron chi connectivity index (χ0n) is 10.5. The maximum atomic E-state index is 12.4. The van der Waals surface area contributed by atoms with Crippen molar-refractivity contribution in [2.45, 2.75) is 44.6 Å². The molecule has 0 spiro atoms. The highest BCUT2D eigenvalue weighted by Gasteiger charge is 2.38. The number of carboxylic acids is 1. The number of hydrogen-bond acceptors (Lipinski definition) is 3. The number of rotatable bonds is 3. The van der Waals surface area contributed by atoms with E-state index in [9.17, 15) is 14.7 Å². The minimum atomic E-state index is -0.789. The van der Waals surface area contributed by atoms with Gasteiger partial charge < -0.3 is 15.1 Å². The van der Waals surface area contributed by atoms with Gasteiger partial charge in [-0.1, -0.05) is 0 Å². The molecular weight excluding hydrogens is 234 g/mol. The Labute approximate surface area is 107 Å². The highest BCUT2D eigenvalue weighted by Crippen LogP contribution is 2.33. The van der Waals surface area contributed by atoms with Gasteiger partial charge in [-0.25, -0.2) is 0 Å². The van der Waals surface area contributed by atoms with E-state index in [-0.39, 0.29) is 30.4 Å². The standard InChI is InChI=1S/C13H21NO4/c15-8-11-3-1-2-6-14(11)12(16)9-4-5-10(7-9)13(17)18/h9-11,15H,1-8H2,(H,17,18). The van der Waals surface area contributed by atoms with Crippen LogP contribution < -0.4 is 0 Å². The van der Waals surface area contributed by atoms with E-state index < -0.39 is 5.97 Å². The number of piperidine rings is 1. The zero-order chi connectivity index (χ0) is 13.1. The Kier molecular flexibility index (Phi) is 4.22. The van der Waals surface area contributed by atoms with Crippen molar-refractivity contribution in [2.75, 3.05) is 13.2 Å². The maximum absolute atomic E-state index is 12.4.